The van der Waals surface area contributed by atoms with Crippen LogP contribution in [0.15, 0.2) is 24.5 Å². The number of carbonyl (C=O) groups excluding carboxylic acids is 1. The number of aliphatic carboxylic acids is 1. The maximum Gasteiger partial charge on any atom is 0.326 e. The van der Waals surface area contributed by atoms with Crippen molar-refractivity contribution in [3.63, 3.8) is 0 Å². The summed E-state index contributed by atoms with van der Waals surface area (Å²) in [6.45, 7) is 1.84. The number of rotatable bonds is 3. The maximum absolute atomic E-state index is 11.6. The van der Waals surface area contributed by atoms with E-state index >= 15 is 0 Å². The summed E-state index contributed by atoms with van der Waals surface area (Å²) in [5, 5.41) is 11.6. The van der Waals surface area contributed by atoms with E-state index in [1.165, 1.54) is 11.8 Å². The Morgan fingerprint density at radius 2 is 2.47 bits per heavy atom. The Morgan fingerprint density at radius 1 is 1.71 bits per heavy atom. The molecule has 90 valence electrons. The van der Waals surface area contributed by atoms with E-state index in [1.54, 1.807) is 18.5 Å². The zero-order valence-corrected chi connectivity index (χ0v) is 9.33. The summed E-state index contributed by atoms with van der Waals surface area (Å²) in [5.74, 6) is -1.01. The van der Waals surface area contributed by atoms with Crippen LogP contribution in [0.5, 0.6) is 0 Å². The molecule has 0 saturated carbocycles. The minimum atomic E-state index is -1.01. The predicted molar refractivity (Wildman–Crippen MR) is 59.3 cm³/mol. The third-order valence-electron chi connectivity index (χ3n) is 2.85. The summed E-state index contributed by atoms with van der Waals surface area (Å²) in [7, 11) is 0. The molecule has 1 aliphatic rings. The molecule has 0 aliphatic carbocycles. The molecule has 2 rings (SSSR count). The molecule has 2 amide bonds. The van der Waals surface area contributed by atoms with E-state index in [-0.39, 0.29) is 12.1 Å². The van der Waals surface area contributed by atoms with Crippen molar-refractivity contribution in [3.8, 4) is 0 Å². The first kappa shape index (κ1) is 11.4. The fourth-order valence-electron chi connectivity index (χ4n) is 1.80. The number of amides is 2. The normalized spacial score (nSPS) is 21.1. The number of pyridine rings is 1. The number of carboxylic acid groups (broad SMARTS) is 1. The number of urea groups is 1. The molecule has 2 N–H and O–H groups in total. The highest BCUT2D eigenvalue weighted by molar-refractivity contribution is 5.84. The average molecular weight is 235 g/mol. The van der Waals surface area contributed by atoms with E-state index in [1.807, 2.05) is 6.07 Å². The van der Waals surface area contributed by atoms with Crippen molar-refractivity contribution in [2.24, 2.45) is 0 Å². The topological polar surface area (TPSA) is 82.5 Å². The van der Waals surface area contributed by atoms with Gasteiger partial charge in [-0.2, -0.15) is 0 Å². The molecule has 0 bridgehead atoms. The van der Waals surface area contributed by atoms with Gasteiger partial charge in [0.2, 0.25) is 0 Å². The number of hydrogen-bond donors (Lipinski definition) is 2. The van der Waals surface area contributed by atoms with Crippen molar-refractivity contribution in [1.29, 1.82) is 0 Å². The number of carbonyl (C=O) groups is 2. The van der Waals surface area contributed by atoms with Gasteiger partial charge in [-0.05, 0) is 18.6 Å². The molecule has 2 atom stereocenters. The Labute approximate surface area is 98.3 Å². The van der Waals surface area contributed by atoms with Gasteiger partial charge in [-0.15, -0.1) is 0 Å². The van der Waals surface area contributed by atoms with Gasteiger partial charge < -0.3 is 15.3 Å². The van der Waals surface area contributed by atoms with Crippen molar-refractivity contribution < 1.29 is 14.7 Å². The number of aromatic nitrogens is 1. The van der Waals surface area contributed by atoms with E-state index in [0.717, 1.165) is 5.56 Å². The van der Waals surface area contributed by atoms with E-state index in [4.69, 9.17) is 5.11 Å². The third-order valence-corrected chi connectivity index (χ3v) is 2.85. The Kier molecular flexibility index (Phi) is 2.95. The Bertz CT molecular complexity index is 435. The molecule has 2 unspecified atom stereocenters. The molecule has 1 fully saturated rings. The van der Waals surface area contributed by atoms with Crippen LogP contribution in [0, 0.1) is 0 Å². The smallest absolute Gasteiger partial charge is 0.326 e. The summed E-state index contributed by atoms with van der Waals surface area (Å²) in [6, 6.07) is 2.26. The highest BCUT2D eigenvalue weighted by atomic mass is 16.4. The number of carboxylic acids is 1. The second kappa shape index (κ2) is 4.40. The van der Waals surface area contributed by atoms with Gasteiger partial charge in [0.05, 0.1) is 6.04 Å². The van der Waals surface area contributed by atoms with Crippen molar-refractivity contribution in [2.75, 3.05) is 6.54 Å². The standard InChI is InChI=1S/C11H13N3O3/c1-7(10(15)16)14-6-9(13-11(14)17)8-3-2-4-12-5-8/h2-5,7,9H,6H2,1H3,(H,13,17)(H,15,16). The minimum Gasteiger partial charge on any atom is -0.480 e. The molecule has 6 heteroatoms. The van der Waals surface area contributed by atoms with Crippen LogP contribution < -0.4 is 5.32 Å². The van der Waals surface area contributed by atoms with Crippen LogP contribution in [-0.4, -0.2) is 39.6 Å². The van der Waals surface area contributed by atoms with Gasteiger partial charge in [0.25, 0.3) is 0 Å². The quantitative estimate of drug-likeness (QED) is 0.804. The molecule has 1 saturated heterocycles. The summed E-state index contributed by atoms with van der Waals surface area (Å²) in [6.07, 6.45) is 3.32. The van der Waals surface area contributed by atoms with Crippen molar-refractivity contribution >= 4 is 12.0 Å². The molecule has 0 radical (unpaired) electrons. The number of nitrogens with one attached hydrogen (secondary N) is 1. The summed E-state index contributed by atoms with van der Waals surface area (Å²) >= 11 is 0. The van der Waals surface area contributed by atoms with Gasteiger partial charge in [-0.1, -0.05) is 6.07 Å². The van der Waals surface area contributed by atoms with Crippen molar-refractivity contribution in [3.05, 3.63) is 30.1 Å². The highest BCUT2D eigenvalue weighted by Gasteiger charge is 2.35. The minimum absolute atomic E-state index is 0.196. The fraction of sp³-hybridized carbons (Fsp3) is 0.364. The van der Waals surface area contributed by atoms with Crippen LogP contribution in [0.25, 0.3) is 0 Å². The lowest BCUT2D eigenvalue weighted by molar-refractivity contribution is -0.141. The molecule has 17 heavy (non-hydrogen) atoms. The van der Waals surface area contributed by atoms with Crippen LogP contribution in [0.1, 0.15) is 18.5 Å². The van der Waals surface area contributed by atoms with Gasteiger partial charge in [-0.25, -0.2) is 9.59 Å². The number of hydrogen-bond acceptors (Lipinski definition) is 3. The predicted octanol–water partition coefficient (Wildman–Crippen LogP) is 0.621. The van der Waals surface area contributed by atoms with Crippen LogP contribution in [0.3, 0.4) is 0 Å². The second-order valence-corrected chi connectivity index (χ2v) is 3.96. The van der Waals surface area contributed by atoms with Gasteiger partial charge in [0, 0.05) is 18.9 Å². The van der Waals surface area contributed by atoms with E-state index < -0.39 is 12.0 Å². The van der Waals surface area contributed by atoms with Crippen molar-refractivity contribution in [2.45, 2.75) is 19.0 Å². The summed E-state index contributed by atoms with van der Waals surface area (Å²) < 4.78 is 0. The molecule has 2 heterocycles. The highest BCUT2D eigenvalue weighted by Crippen LogP contribution is 2.20. The molecule has 1 aromatic heterocycles. The first-order valence-corrected chi connectivity index (χ1v) is 5.29. The second-order valence-electron chi connectivity index (χ2n) is 3.96. The van der Waals surface area contributed by atoms with Gasteiger partial charge in [0.1, 0.15) is 6.04 Å². The summed E-state index contributed by atoms with van der Waals surface area (Å²) in [5.41, 5.74) is 0.876. The lowest BCUT2D eigenvalue weighted by Gasteiger charge is -2.19. The van der Waals surface area contributed by atoms with Gasteiger partial charge in [0.15, 0.2) is 0 Å². The van der Waals surface area contributed by atoms with Crippen LogP contribution in [0.2, 0.25) is 0 Å². The molecular formula is C11H13N3O3. The van der Waals surface area contributed by atoms with Gasteiger partial charge >= 0.3 is 12.0 Å². The van der Waals surface area contributed by atoms with E-state index in [0.29, 0.717) is 6.54 Å². The molecule has 0 aromatic carbocycles. The fourth-order valence-corrected chi connectivity index (χ4v) is 1.80. The zero-order chi connectivity index (χ0) is 12.4. The molecule has 1 aliphatic heterocycles. The monoisotopic (exact) mass is 235 g/mol. The van der Waals surface area contributed by atoms with E-state index in [9.17, 15) is 9.59 Å². The molecule has 6 nitrogen and oxygen atoms in total. The largest absolute Gasteiger partial charge is 0.480 e. The third kappa shape index (κ3) is 2.20. The first-order chi connectivity index (χ1) is 8.09. The SMILES string of the molecule is CC(C(=O)O)N1CC(c2cccnc2)NC1=O. The molecular weight excluding hydrogens is 222 g/mol. The Morgan fingerprint density at radius 3 is 3.06 bits per heavy atom. The van der Waals surface area contributed by atoms with Crippen LogP contribution in [-0.2, 0) is 4.79 Å². The lowest BCUT2D eigenvalue weighted by atomic mass is 10.1. The molecule has 0 spiro atoms. The zero-order valence-electron chi connectivity index (χ0n) is 9.33. The summed E-state index contributed by atoms with van der Waals surface area (Å²) in [4.78, 5) is 27.8. The van der Waals surface area contributed by atoms with Crippen molar-refractivity contribution in [1.82, 2.24) is 15.2 Å². The van der Waals surface area contributed by atoms with Gasteiger partial charge in [-0.3, -0.25) is 4.98 Å². The Balaban J connectivity index is 2.13. The van der Waals surface area contributed by atoms with Crippen LogP contribution >= 0.6 is 0 Å². The first-order valence-electron chi connectivity index (χ1n) is 5.29. The molecule has 1 aromatic rings. The average Bonchev–Trinajstić information content (AvgIpc) is 2.71. The number of nitrogens with zero attached hydrogens (tertiary/aromatic N) is 2. The Hall–Kier alpha value is -2.11. The van der Waals surface area contributed by atoms with E-state index in [2.05, 4.69) is 10.3 Å². The maximum atomic E-state index is 11.6. The lowest BCUT2D eigenvalue weighted by Crippen LogP contribution is -2.40. The van der Waals surface area contributed by atoms with Crippen LogP contribution in [0.4, 0.5) is 4.79 Å².